The van der Waals surface area contributed by atoms with Crippen LogP contribution in [0.25, 0.3) is 5.69 Å². The highest BCUT2D eigenvalue weighted by molar-refractivity contribution is 6.50. The topological polar surface area (TPSA) is 106 Å². The molecule has 6 rings (SSSR count). The van der Waals surface area contributed by atoms with Gasteiger partial charge in [0.15, 0.2) is 5.82 Å². The average Bonchev–Trinajstić information content (AvgIpc) is 3.23. The Morgan fingerprint density at radius 1 is 0.974 bits per heavy atom. The first-order valence-electron chi connectivity index (χ1n) is 12.4. The smallest absolute Gasteiger partial charge is 0.291 e. The molecule has 1 N–H and O–H groups in total. The molecule has 0 bridgehead atoms. The van der Waals surface area contributed by atoms with Crippen LogP contribution in [0.5, 0.6) is 0 Å². The van der Waals surface area contributed by atoms with Crippen molar-refractivity contribution in [1.29, 1.82) is 0 Å². The number of amides is 1. The molecule has 0 aliphatic carbocycles. The molecule has 9 nitrogen and oxygen atoms in total. The van der Waals surface area contributed by atoms with E-state index in [9.17, 15) is 14.9 Å². The second-order valence-electron chi connectivity index (χ2n) is 10.6. The molecule has 0 fully saturated rings. The first-order valence-corrected chi connectivity index (χ1v) is 12.4. The minimum absolute atomic E-state index is 0.00277. The molecule has 3 aromatic carbocycles. The van der Waals surface area contributed by atoms with E-state index >= 15 is 0 Å². The maximum absolute atomic E-state index is 13.3. The number of rotatable bonds is 3. The van der Waals surface area contributed by atoms with Crippen LogP contribution < -0.4 is 10.2 Å². The van der Waals surface area contributed by atoms with Gasteiger partial charge in [-0.05, 0) is 47.7 Å². The van der Waals surface area contributed by atoms with Gasteiger partial charge in [-0.2, -0.15) is 5.10 Å². The molecule has 2 aliphatic rings. The largest absolute Gasteiger partial charge is 0.317 e. The lowest BCUT2D eigenvalue weighted by atomic mass is 9.85. The molecule has 0 unspecified atom stereocenters. The van der Waals surface area contributed by atoms with Gasteiger partial charge in [0.1, 0.15) is 0 Å². The number of nitro benzene ring substituents is 1. The van der Waals surface area contributed by atoms with Gasteiger partial charge in [0.25, 0.3) is 11.6 Å². The Labute approximate surface area is 219 Å². The summed E-state index contributed by atoms with van der Waals surface area (Å²) in [7, 11) is 0. The summed E-state index contributed by atoms with van der Waals surface area (Å²) in [6, 6.07) is 22.0. The SMILES string of the molecule is Cc1nn(-c2ccc([N+](=O)[O-])cc2)c2c1[C@@H](c1ccc(C(C)(C)C)cc1)N1C(=N2)C(=O)Nc2ccccc21. The summed E-state index contributed by atoms with van der Waals surface area (Å²) in [6.07, 6.45) is 0. The summed E-state index contributed by atoms with van der Waals surface area (Å²) >= 11 is 0. The second kappa shape index (κ2) is 8.37. The molecule has 0 saturated heterocycles. The summed E-state index contributed by atoms with van der Waals surface area (Å²) in [6.45, 7) is 8.45. The number of aliphatic imine (C=N–C) groups is 1. The molecular formula is C29H26N6O3. The monoisotopic (exact) mass is 506 g/mol. The number of nitro groups is 1. The van der Waals surface area contributed by atoms with E-state index in [4.69, 9.17) is 10.1 Å². The van der Waals surface area contributed by atoms with E-state index < -0.39 is 4.92 Å². The van der Waals surface area contributed by atoms with E-state index in [-0.39, 0.29) is 28.9 Å². The van der Waals surface area contributed by atoms with Crippen molar-refractivity contribution in [2.24, 2.45) is 4.99 Å². The van der Waals surface area contributed by atoms with Gasteiger partial charge in [0.2, 0.25) is 5.84 Å². The molecule has 4 aromatic rings. The molecule has 0 saturated carbocycles. The van der Waals surface area contributed by atoms with Gasteiger partial charge in [-0.25, -0.2) is 9.67 Å². The van der Waals surface area contributed by atoms with Crippen LogP contribution in [0.4, 0.5) is 22.9 Å². The maximum atomic E-state index is 13.3. The van der Waals surface area contributed by atoms with Crippen molar-refractivity contribution in [2.75, 3.05) is 10.2 Å². The average molecular weight is 507 g/mol. The second-order valence-corrected chi connectivity index (χ2v) is 10.6. The molecule has 0 spiro atoms. The Bertz CT molecular complexity index is 1630. The lowest BCUT2D eigenvalue weighted by Gasteiger charge is -2.40. The first kappa shape index (κ1) is 23.6. The van der Waals surface area contributed by atoms with Crippen LogP contribution in [0, 0.1) is 17.0 Å². The van der Waals surface area contributed by atoms with Gasteiger partial charge in [-0.1, -0.05) is 57.2 Å². The van der Waals surface area contributed by atoms with E-state index in [1.54, 1.807) is 16.8 Å². The predicted molar refractivity (Wildman–Crippen MR) is 147 cm³/mol. The fourth-order valence-electron chi connectivity index (χ4n) is 5.12. The number of carbonyl (C=O) groups is 1. The normalized spacial score (nSPS) is 16.2. The summed E-state index contributed by atoms with van der Waals surface area (Å²) < 4.78 is 1.66. The number of fused-ring (bicyclic) bond motifs is 4. The maximum Gasteiger partial charge on any atom is 0.291 e. The molecule has 9 heteroatoms. The minimum Gasteiger partial charge on any atom is -0.317 e. The van der Waals surface area contributed by atoms with E-state index in [1.165, 1.54) is 17.7 Å². The Morgan fingerprint density at radius 3 is 2.32 bits per heavy atom. The van der Waals surface area contributed by atoms with Crippen LogP contribution in [-0.4, -0.2) is 26.4 Å². The highest BCUT2D eigenvalue weighted by Crippen LogP contribution is 2.47. The third-order valence-corrected chi connectivity index (χ3v) is 7.07. The summed E-state index contributed by atoms with van der Waals surface area (Å²) in [5, 5.41) is 18.9. The minimum atomic E-state index is -0.438. The number of non-ortho nitro benzene ring substituents is 1. The van der Waals surface area contributed by atoms with Crippen LogP contribution in [0.1, 0.15) is 49.2 Å². The first-order chi connectivity index (χ1) is 18.1. The van der Waals surface area contributed by atoms with Crippen LogP contribution in [0.2, 0.25) is 0 Å². The van der Waals surface area contributed by atoms with Crippen molar-refractivity contribution in [3.63, 3.8) is 0 Å². The van der Waals surface area contributed by atoms with E-state index in [1.807, 2.05) is 36.1 Å². The third-order valence-electron chi connectivity index (χ3n) is 7.07. The summed E-state index contributed by atoms with van der Waals surface area (Å²) in [4.78, 5) is 30.9. The van der Waals surface area contributed by atoms with Crippen LogP contribution in [0.15, 0.2) is 77.8 Å². The van der Waals surface area contributed by atoms with Gasteiger partial charge < -0.3 is 10.2 Å². The van der Waals surface area contributed by atoms with Crippen LogP contribution in [-0.2, 0) is 10.2 Å². The highest BCUT2D eigenvalue weighted by atomic mass is 16.6. The number of carbonyl (C=O) groups excluding carboxylic acids is 1. The number of hydrogen-bond donors (Lipinski definition) is 1. The number of para-hydroxylation sites is 2. The van der Waals surface area contributed by atoms with Crippen molar-refractivity contribution in [3.05, 3.63) is 105 Å². The quantitative estimate of drug-likeness (QED) is 0.272. The number of nitrogens with zero attached hydrogens (tertiary/aromatic N) is 5. The van der Waals surface area contributed by atoms with Crippen molar-refractivity contribution in [1.82, 2.24) is 9.78 Å². The molecule has 0 radical (unpaired) electrons. The molecule has 3 heterocycles. The number of nitrogens with one attached hydrogen (secondary N) is 1. The Kier molecular flexibility index (Phi) is 5.20. The van der Waals surface area contributed by atoms with Gasteiger partial charge in [0, 0.05) is 17.7 Å². The van der Waals surface area contributed by atoms with Crippen molar-refractivity contribution < 1.29 is 9.72 Å². The lowest BCUT2D eigenvalue weighted by molar-refractivity contribution is -0.384. The number of aromatic nitrogens is 2. The zero-order chi connectivity index (χ0) is 26.8. The molecule has 38 heavy (non-hydrogen) atoms. The Morgan fingerprint density at radius 2 is 1.66 bits per heavy atom. The molecule has 2 aliphatic heterocycles. The van der Waals surface area contributed by atoms with Gasteiger partial charge in [-0.15, -0.1) is 0 Å². The number of benzene rings is 3. The lowest BCUT2D eigenvalue weighted by Crippen LogP contribution is -2.48. The number of anilines is 2. The van der Waals surface area contributed by atoms with Crippen molar-refractivity contribution in [3.8, 4) is 5.69 Å². The molecular weight excluding hydrogens is 480 g/mol. The molecule has 1 amide bonds. The molecule has 1 atom stereocenters. The Balaban J connectivity index is 1.58. The van der Waals surface area contributed by atoms with Crippen molar-refractivity contribution in [2.45, 2.75) is 39.2 Å². The van der Waals surface area contributed by atoms with Gasteiger partial charge >= 0.3 is 0 Å². The highest BCUT2D eigenvalue weighted by Gasteiger charge is 2.42. The number of amidine groups is 1. The summed E-state index contributed by atoms with van der Waals surface area (Å²) in [5.41, 5.74) is 6.02. The zero-order valence-corrected chi connectivity index (χ0v) is 21.5. The molecule has 190 valence electrons. The van der Waals surface area contributed by atoms with Gasteiger partial charge in [0.05, 0.1) is 33.7 Å². The van der Waals surface area contributed by atoms with E-state index in [0.29, 0.717) is 11.5 Å². The number of hydrogen-bond acceptors (Lipinski definition) is 6. The fraction of sp³-hybridized carbons (Fsp3) is 0.207. The van der Waals surface area contributed by atoms with E-state index in [2.05, 4.69) is 50.4 Å². The van der Waals surface area contributed by atoms with Crippen LogP contribution in [0.3, 0.4) is 0 Å². The Hall–Kier alpha value is -4.79. The third kappa shape index (κ3) is 3.66. The summed E-state index contributed by atoms with van der Waals surface area (Å²) in [5.74, 6) is 0.492. The van der Waals surface area contributed by atoms with Crippen LogP contribution >= 0.6 is 0 Å². The fourth-order valence-corrected chi connectivity index (χ4v) is 5.12. The number of aryl methyl sites for hydroxylation is 1. The van der Waals surface area contributed by atoms with E-state index in [0.717, 1.165) is 28.2 Å². The molecule has 1 aromatic heterocycles. The standard InChI is InChI=1S/C29H26N6O3/c1-17-24-25(18-9-11-19(12-10-18)29(2,3)4)33-23-8-6-5-7-22(23)30-28(36)27(33)31-26(24)34(32-17)20-13-15-21(16-14-20)35(37)38/h5-16,25H,1-4H3,(H,30,36)/t25-/m1/s1. The predicted octanol–water partition coefficient (Wildman–Crippen LogP) is 5.98. The van der Waals surface area contributed by atoms with Gasteiger partial charge in [-0.3, -0.25) is 14.9 Å². The van der Waals surface area contributed by atoms with Crippen molar-refractivity contribution >= 4 is 34.6 Å². The zero-order valence-electron chi connectivity index (χ0n) is 21.5.